The first-order chi connectivity index (χ1) is 17.1. The molecule has 0 aliphatic carbocycles. The summed E-state index contributed by atoms with van der Waals surface area (Å²) in [6, 6.07) is 7.99. The Bertz CT molecular complexity index is 1270. The van der Waals surface area contributed by atoms with Crippen molar-refractivity contribution in [2.45, 2.75) is 52.0 Å². The van der Waals surface area contributed by atoms with E-state index in [0.717, 1.165) is 77.7 Å². The minimum atomic E-state index is -0.223. The number of carbonyl (C=O) groups is 1. The number of pyridine rings is 1. The fraction of sp³-hybridized carbons (Fsp3) is 0.429. The van der Waals surface area contributed by atoms with Gasteiger partial charge in [0.15, 0.2) is 35.7 Å². The molecule has 7 nitrogen and oxygen atoms in total. The number of fused-ring (bicyclic) bond motifs is 5. The van der Waals surface area contributed by atoms with E-state index < -0.39 is 0 Å². The highest BCUT2D eigenvalue weighted by Gasteiger charge is 2.33. The zero-order chi connectivity index (χ0) is 24.4. The Morgan fingerprint density at radius 1 is 1.03 bits per heavy atom. The van der Waals surface area contributed by atoms with Crippen LogP contribution in [0.5, 0.6) is 23.0 Å². The lowest BCUT2D eigenvalue weighted by Gasteiger charge is -2.20. The van der Waals surface area contributed by atoms with Crippen LogP contribution in [0, 0.1) is 0 Å². The molecule has 0 atom stereocenters. The number of hydrogen-bond donors (Lipinski definition) is 0. The van der Waals surface area contributed by atoms with Crippen molar-refractivity contribution in [2.75, 3.05) is 27.6 Å². The van der Waals surface area contributed by atoms with Gasteiger partial charge in [0, 0.05) is 17.4 Å². The van der Waals surface area contributed by atoms with Crippen LogP contribution in [0.3, 0.4) is 0 Å². The molecular formula is C28H32NO6+. The molecule has 0 bridgehead atoms. The maximum Gasteiger partial charge on any atom is 0.310 e. The lowest BCUT2D eigenvalue weighted by molar-refractivity contribution is -0.686. The molecule has 7 heteroatoms. The molecule has 0 fully saturated rings. The number of unbranched alkanes of at least 4 members (excludes halogenated alkanes) is 3. The van der Waals surface area contributed by atoms with Gasteiger partial charge in [-0.05, 0) is 36.2 Å². The van der Waals surface area contributed by atoms with Gasteiger partial charge in [0.1, 0.15) is 0 Å². The summed E-state index contributed by atoms with van der Waals surface area (Å²) in [5, 5.41) is 1.85. The number of ether oxygens (including phenoxy) is 5. The van der Waals surface area contributed by atoms with Gasteiger partial charge >= 0.3 is 5.97 Å². The molecular weight excluding hydrogens is 446 g/mol. The third-order valence-electron chi connectivity index (χ3n) is 6.82. The number of nitrogens with zero attached hydrogens (tertiary/aromatic N) is 1. The Labute approximate surface area is 205 Å². The van der Waals surface area contributed by atoms with Gasteiger partial charge in [-0.25, -0.2) is 0 Å². The Kier molecular flexibility index (Phi) is 6.66. The minimum Gasteiger partial charge on any atom is -0.493 e. The molecule has 0 unspecified atom stereocenters. The second kappa shape index (κ2) is 10.0. The summed E-state index contributed by atoms with van der Waals surface area (Å²) in [7, 11) is 3.27. The highest BCUT2D eigenvalue weighted by Crippen LogP contribution is 2.43. The average molecular weight is 479 g/mol. The molecule has 0 N–H and O–H groups in total. The first-order valence-corrected chi connectivity index (χ1v) is 12.3. The van der Waals surface area contributed by atoms with E-state index in [4.69, 9.17) is 23.7 Å². The molecule has 0 saturated heterocycles. The molecule has 3 heterocycles. The van der Waals surface area contributed by atoms with E-state index in [9.17, 15) is 4.79 Å². The lowest BCUT2D eigenvalue weighted by atomic mass is 9.90. The zero-order valence-electron chi connectivity index (χ0n) is 20.6. The van der Waals surface area contributed by atoms with Crippen molar-refractivity contribution < 1.29 is 33.0 Å². The SMILES string of the molecule is CCCCCCOC(=O)Cc1c2[n+](cc3c(OC)c(OC)ccc13)CCc1cc3c(cc1-2)OCO3. The van der Waals surface area contributed by atoms with Gasteiger partial charge in [-0.15, -0.1) is 0 Å². The summed E-state index contributed by atoms with van der Waals surface area (Å²) >= 11 is 0. The van der Waals surface area contributed by atoms with Crippen LogP contribution in [0.2, 0.25) is 0 Å². The van der Waals surface area contributed by atoms with E-state index in [-0.39, 0.29) is 19.2 Å². The molecule has 0 spiro atoms. The Morgan fingerprint density at radius 2 is 1.86 bits per heavy atom. The van der Waals surface area contributed by atoms with E-state index in [0.29, 0.717) is 18.1 Å². The highest BCUT2D eigenvalue weighted by molar-refractivity contribution is 5.97. The van der Waals surface area contributed by atoms with Gasteiger partial charge in [-0.1, -0.05) is 26.2 Å². The molecule has 0 radical (unpaired) electrons. The number of aromatic nitrogens is 1. The molecule has 0 saturated carbocycles. The summed E-state index contributed by atoms with van der Waals surface area (Å²) in [6.45, 7) is 3.62. The second-order valence-electron chi connectivity index (χ2n) is 8.98. The maximum atomic E-state index is 13.0. The fourth-order valence-corrected chi connectivity index (χ4v) is 5.10. The Morgan fingerprint density at radius 3 is 2.63 bits per heavy atom. The summed E-state index contributed by atoms with van der Waals surface area (Å²) < 4.78 is 30.4. The predicted molar refractivity (Wildman–Crippen MR) is 131 cm³/mol. The van der Waals surface area contributed by atoms with Gasteiger partial charge in [0.05, 0.1) is 38.2 Å². The fourth-order valence-electron chi connectivity index (χ4n) is 5.10. The number of benzene rings is 2. The molecule has 35 heavy (non-hydrogen) atoms. The van der Waals surface area contributed by atoms with Crippen LogP contribution in [0.1, 0.15) is 43.7 Å². The van der Waals surface area contributed by atoms with Gasteiger partial charge < -0.3 is 23.7 Å². The van der Waals surface area contributed by atoms with Crippen LogP contribution in [0.25, 0.3) is 22.0 Å². The first kappa shape index (κ1) is 23.3. The van der Waals surface area contributed by atoms with Crippen LogP contribution in [0.4, 0.5) is 0 Å². The monoisotopic (exact) mass is 478 g/mol. The van der Waals surface area contributed by atoms with E-state index in [2.05, 4.69) is 23.8 Å². The van der Waals surface area contributed by atoms with Crippen molar-refractivity contribution >= 4 is 16.7 Å². The van der Waals surface area contributed by atoms with Crippen molar-refractivity contribution in [3.05, 3.63) is 41.6 Å². The highest BCUT2D eigenvalue weighted by atomic mass is 16.7. The third kappa shape index (κ3) is 4.35. The van der Waals surface area contributed by atoms with Gasteiger partial charge in [0.2, 0.25) is 12.5 Å². The number of carbonyl (C=O) groups excluding carboxylic acids is 1. The van der Waals surface area contributed by atoms with Crippen molar-refractivity contribution in [3.8, 4) is 34.3 Å². The normalized spacial score (nSPS) is 13.3. The van der Waals surface area contributed by atoms with Crippen molar-refractivity contribution in [2.24, 2.45) is 0 Å². The van der Waals surface area contributed by atoms with Crippen LogP contribution < -0.4 is 23.5 Å². The quantitative estimate of drug-likeness (QED) is 0.251. The maximum absolute atomic E-state index is 13.0. The molecule has 5 rings (SSSR count). The standard InChI is InChI=1S/C28H32NO6/c1-4-5-6-7-12-33-26(30)15-21-19-8-9-23(31-2)28(32-3)22(19)16-29-11-10-18-13-24-25(35-17-34-24)14-20(18)27(21)29/h8-9,13-14,16H,4-7,10-12,15,17H2,1-3H3/q+1. The number of hydrogen-bond acceptors (Lipinski definition) is 6. The number of methoxy groups -OCH3 is 2. The summed E-state index contributed by atoms with van der Waals surface area (Å²) in [6.07, 6.45) is 7.38. The van der Waals surface area contributed by atoms with Crippen molar-refractivity contribution in [3.63, 3.8) is 0 Å². The molecule has 1 aromatic heterocycles. The summed E-state index contributed by atoms with van der Waals surface area (Å²) in [5.74, 6) is 2.60. The summed E-state index contributed by atoms with van der Waals surface area (Å²) in [5.41, 5.74) is 4.17. The van der Waals surface area contributed by atoms with Crippen LogP contribution in [-0.2, 0) is 28.9 Å². The number of aryl methyl sites for hydroxylation is 2. The van der Waals surface area contributed by atoms with Crippen LogP contribution >= 0.6 is 0 Å². The van der Waals surface area contributed by atoms with Crippen LogP contribution in [0.15, 0.2) is 30.5 Å². The Hall–Kier alpha value is -3.48. The van der Waals surface area contributed by atoms with E-state index in [1.165, 1.54) is 5.56 Å². The van der Waals surface area contributed by atoms with Gasteiger partial charge in [-0.2, -0.15) is 4.57 Å². The van der Waals surface area contributed by atoms with Crippen LogP contribution in [-0.4, -0.2) is 33.6 Å². The van der Waals surface area contributed by atoms with Gasteiger partial charge in [0.25, 0.3) is 0 Å². The topological polar surface area (TPSA) is 67.1 Å². The smallest absolute Gasteiger partial charge is 0.310 e. The molecule has 0 amide bonds. The van der Waals surface area contributed by atoms with Crippen molar-refractivity contribution in [1.82, 2.24) is 0 Å². The first-order valence-electron chi connectivity index (χ1n) is 12.3. The van der Waals surface area contributed by atoms with E-state index >= 15 is 0 Å². The molecule has 2 aromatic carbocycles. The number of esters is 1. The number of rotatable bonds is 9. The molecule has 3 aromatic rings. The second-order valence-corrected chi connectivity index (χ2v) is 8.98. The van der Waals surface area contributed by atoms with E-state index in [1.54, 1.807) is 14.2 Å². The zero-order valence-corrected chi connectivity index (χ0v) is 20.6. The minimum absolute atomic E-state index is 0.170. The Balaban J connectivity index is 1.61. The summed E-state index contributed by atoms with van der Waals surface area (Å²) in [4.78, 5) is 13.0. The molecule has 184 valence electrons. The average Bonchev–Trinajstić information content (AvgIpc) is 3.33. The molecule has 2 aliphatic heterocycles. The van der Waals surface area contributed by atoms with Crippen molar-refractivity contribution in [1.29, 1.82) is 0 Å². The van der Waals surface area contributed by atoms with E-state index in [1.807, 2.05) is 18.2 Å². The van der Waals surface area contributed by atoms with Gasteiger partial charge in [-0.3, -0.25) is 4.79 Å². The predicted octanol–water partition coefficient (Wildman–Crippen LogP) is 4.76. The largest absolute Gasteiger partial charge is 0.493 e. The third-order valence-corrected chi connectivity index (χ3v) is 6.82. The lowest BCUT2D eigenvalue weighted by Crippen LogP contribution is -2.41. The molecule has 2 aliphatic rings.